The molecule has 31 heavy (non-hydrogen) atoms. The van der Waals surface area contributed by atoms with Crippen LogP contribution in [0, 0.1) is 5.82 Å². The van der Waals surface area contributed by atoms with Crippen LogP contribution in [0.25, 0.3) is 10.9 Å². The second-order valence-corrected chi connectivity index (χ2v) is 8.27. The minimum Gasteiger partial charge on any atom is -0.358 e. The monoisotopic (exact) mass is 420 g/mol. The van der Waals surface area contributed by atoms with Crippen molar-refractivity contribution in [2.24, 2.45) is 0 Å². The van der Waals surface area contributed by atoms with Gasteiger partial charge in [0, 0.05) is 66.9 Å². The van der Waals surface area contributed by atoms with E-state index >= 15 is 0 Å². The van der Waals surface area contributed by atoms with Crippen molar-refractivity contribution in [2.45, 2.75) is 32.0 Å². The van der Waals surface area contributed by atoms with E-state index in [0.717, 1.165) is 22.9 Å². The quantitative estimate of drug-likeness (QED) is 0.682. The molecule has 0 bridgehead atoms. The summed E-state index contributed by atoms with van der Waals surface area (Å²) in [6, 6.07) is 14.1. The van der Waals surface area contributed by atoms with Crippen molar-refractivity contribution in [3.8, 4) is 0 Å². The Balaban J connectivity index is 1.32. The first-order valence-electron chi connectivity index (χ1n) is 10.7. The molecule has 0 radical (unpaired) electrons. The van der Waals surface area contributed by atoms with Gasteiger partial charge in [-0.25, -0.2) is 4.39 Å². The van der Waals surface area contributed by atoms with Gasteiger partial charge in [-0.2, -0.15) is 0 Å². The van der Waals surface area contributed by atoms with E-state index in [-0.39, 0.29) is 24.1 Å². The molecule has 160 valence electrons. The number of aromatic nitrogens is 1. The number of hydrogen-bond donors (Lipinski definition) is 2. The van der Waals surface area contributed by atoms with Crippen LogP contribution in [0.5, 0.6) is 0 Å². The SMILES string of the molecule is O=C1NCCN(Cc2ccccc2F)[C@@H]1CC(=O)N1CCc2[nH]c3ccccc3c2C1. The van der Waals surface area contributed by atoms with Crippen molar-refractivity contribution < 1.29 is 14.0 Å². The summed E-state index contributed by atoms with van der Waals surface area (Å²) in [4.78, 5) is 33.0. The van der Waals surface area contributed by atoms with Crippen molar-refractivity contribution in [1.82, 2.24) is 20.1 Å². The lowest BCUT2D eigenvalue weighted by atomic mass is 10.0. The second-order valence-electron chi connectivity index (χ2n) is 8.27. The second kappa shape index (κ2) is 8.15. The van der Waals surface area contributed by atoms with Gasteiger partial charge in [0.15, 0.2) is 0 Å². The van der Waals surface area contributed by atoms with Gasteiger partial charge in [-0.1, -0.05) is 36.4 Å². The number of rotatable bonds is 4. The Labute approximate surface area is 180 Å². The van der Waals surface area contributed by atoms with Crippen LogP contribution >= 0.6 is 0 Å². The highest BCUT2D eigenvalue weighted by Gasteiger charge is 2.34. The smallest absolute Gasteiger partial charge is 0.237 e. The molecule has 0 aliphatic carbocycles. The number of nitrogens with one attached hydrogen (secondary N) is 2. The molecule has 2 aromatic carbocycles. The molecule has 3 heterocycles. The molecule has 0 spiro atoms. The number of halogens is 1. The molecule has 5 rings (SSSR count). The average molecular weight is 420 g/mol. The van der Waals surface area contributed by atoms with Gasteiger partial charge in [-0.3, -0.25) is 14.5 Å². The molecule has 2 N–H and O–H groups in total. The van der Waals surface area contributed by atoms with E-state index in [1.807, 2.05) is 28.0 Å². The van der Waals surface area contributed by atoms with Crippen LogP contribution in [0.3, 0.4) is 0 Å². The molecule has 1 saturated heterocycles. The number of piperazine rings is 1. The number of carbonyl (C=O) groups excluding carboxylic acids is 2. The molecule has 0 saturated carbocycles. The highest BCUT2D eigenvalue weighted by Crippen LogP contribution is 2.28. The molecule has 2 aliphatic rings. The minimum absolute atomic E-state index is 0.0449. The predicted octanol–water partition coefficient (Wildman–Crippen LogP) is 2.58. The van der Waals surface area contributed by atoms with Gasteiger partial charge in [-0.05, 0) is 12.1 Å². The summed E-state index contributed by atoms with van der Waals surface area (Å²) < 4.78 is 14.2. The van der Waals surface area contributed by atoms with Gasteiger partial charge in [0.25, 0.3) is 0 Å². The summed E-state index contributed by atoms with van der Waals surface area (Å²) >= 11 is 0. The molecule has 1 fully saturated rings. The van der Waals surface area contributed by atoms with E-state index in [0.29, 0.717) is 38.3 Å². The zero-order valence-corrected chi connectivity index (χ0v) is 17.2. The fourth-order valence-corrected chi connectivity index (χ4v) is 4.69. The van der Waals surface area contributed by atoms with Crippen LogP contribution < -0.4 is 5.32 Å². The normalized spacial score (nSPS) is 19.3. The van der Waals surface area contributed by atoms with Gasteiger partial charge in [-0.15, -0.1) is 0 Å². The Morgan fingerprint density at radius 3 is 2.77 bits per heavy atom. The van der Waals surface area contributed by atoms with Crippen LogP contribution in [-0.4, -0.2) is 52.3 Å². The van der Waals surface area contributed by atoms with Gasteiger partial charge in [0.05, 0.1) is 12.5 Å². The molecule has 7 heteroatoms. The molecular formula is C24H25FN4O2. The Morgan fingerprint density at radius 1 is 1.10 bits per heavy atom. The van der Waals surface area contributed by atoms with Crippen LogP contribution in [-0.2, 0) is 29.1 Å². The minimum atomic E-state index is -0.592. The van der Waals surface area contributed by atoms with Crippen molar-refractivity contribution in [1.29, 1.82) is 0 Å². The summed E-state index contributed by atoms with van der Waals surface area (Å²) in [5.74, 6) is -0.501. The fraction of sp³-hybridized carbons (Fsp3) is 0.333. The third kappa shape index (κ3) is 3.81. The van der Waals surface area contributed by atoms with Gasteiger partial charge < -0.3 is 15.2 Å². The van der Waals surface area contributed by atoms with Gasteiger partial charge >= 0.3 is 0 Å². The summed E-state index contributed by atoms with van der Waals surface area (Å²) in [5, 5.41) is 4.00. The van der Waals surface area contributed by atoms with E-state index in [4.69, 9.17) is 0 Å². The van der Waals surface area contributed by atoms with Crippen LogP contribution in [0.1, 0.15) is 23.2 Å². The molecule has 1 aromatic heterocycles. The van der Waals surface area contributed by atoms with Crippen molar-refractivity contribution in [3.63, 3.8) is 0 Å². The maximum Gasteiger partial charge on any atom is 0.237 e. The van der Waals surface area contributed by atoms with E-state index in [1.165, 1.54) is 11.8 Å². The lowest BCUT2D eigenvalue weighted by molar-refractivity contribution is -0.139. The van der Waals surface area contributed by atoms with E-state index < -0.39 is 6.04 Å². The number of aromatic amines is 1. The third-order valence-electron chi connectivity index (χ3n) is 6.38. The molecule has 2 amide bonds. The first kappa shape index (κ1) is 19.8. The van der Waals surface area contributed by atoms with Gasteiger partial charge in [0.1, 0.15) is 5.82 Å². The van der Waals surface area contributed by atoms with E-state index in [9.17, 15) is 14.0 Å². The number of amides is 2. The number of benzene rings is 2. The van der Waals surface area contributed by atoms with Crippen LogP contribution in [0.15, 0.2) is 48.5 Å². The Morgan fingerprint density at radius 2 is 1.90 bits per heavy atom. The van der Waals surface area contributed by atoms with Gasteiger partial charge in [0.2, 0.25) is 11.8 Å². The summed E-state index contributed by atoms with van der Waals surface area (Å²) in [7, 11) is 0. The van der Waals surface area contributed by atoms with Crippen LogP contribution in [0.4, 0.5) is 4.39 Å². The largest absolute Gasteiger partial charge is 0.358 e. The fourth-order valence-electron chi connectivity index (χ4n) is 4.69. The highest BCUT2D eigenvalue weighted by atomic mass is 19.1. The first-order valence-corrected chi connectivity index (χ1v) is 10.7. The maximum atomic E-state index is 14.2. The lowest BCUT2D eigenvalue weighted by Crippen LogP contribution is -2.56. The first-order chi connectivity index (χ1) is 15.1. The lowest BCUT2D eigenvalue weighted by Gasteiger charge is -2.36. The number of para-hydroxylation sites is 1. The number of nitrogens with zero attached hydrogens (tertiary/aromatic N) is 2. The molecular weight excluding hydrogens is 395 g/mol. The Bertz CT molecular complexity index is 1140. The maximum absolute atomic E-state index is 14.2. The summed E-state index contributed by atoms with van der Waals surface area (Å²) in [5.41, 5.74) is 3.97. The van der Waals surface area contributed by atoms with E-state index in [1.54, 1.807) is 18.2 Å². The summed E-state index contributed by atoms with van der Waals surface area (Å²) in [6.45, 7) is 2.57. The zero-order chi connectivity index (χ0) is 21.4. The van der Waals surface area contributed by atoms with E-state index in [2.05, 4.69) is 16.4 Å². The Kier molecular flexibility index (Phi) is 5.19. The number of carbonyl (C=O) groups is 2. The van der Waals surface area contributed by atoms with Crippen molar-refractivity contribution >= 4 is 22.7 Å². The number of hydrogen-bond acceptors (Lipinski definition) is 3. The van der Waals surface area contributed by atoms with Crippen LogP contribution in [0.2, 0.25) is 0 Å². The number of fused-ring (bicyclic) bond motifs is 3. The summed E-state index contributed by atoms with van der Waals surface area (Å²) in [6.07, 6.45) is 0.865. The molecule has 1 atom stereocenters. The topological polar surface area (TPSA) is 68.4 Å². The molecule has 6 nitrogen and oxygen atoms in total. The van der Waals surface area contributed by atoms with Crippen molar-refractivity contribution in [3.05, 3.63) is 71.2 Å². The number of H-pyrrole nitrogens is 1. The molecule has 0 unspecified atom stereocenters. The molecule has 2 aliphatic heterocycles. The Hall–Kier alpha value is -3.19. The zero-order valence-electron chi connectivity index (χ0n) is 17.2. The molecule has 3 aromatic rings. The third-order valence-corrected chi connectivity index (χ3v) is 6.38. The predicted molar refractivity (Wildman–Crippen MR) is 116 cm³/mol. The average Bonchev–Trinajstić information content (AvgIpc) is 3.15. The highest BCUT2D eigenvalue weighted by molar-refractivity contribution is 5.90. The standard InChI is InChI=1S/C24H25FN4O2/c25-19-7-3-1-5-16(19)14-28-12-10-26-24(31)22(28)13-23(30)29-11-9-21-18(15-29)17-6-2-4-8-20(17)27-21/h1-8,22,27H,9-15H2,(H,26,31)/t22-/m1/s1. The van der Waals surface area contributed by atoms with Crippen molar-refractivity contribution in [2.75, 3.05) is 19.6 Å².